The average Bonchev–Trinajstić information content (AvgIpc) is 3.35. The third kappa shape index (κ3) is 5.95. The number of benzene rings is 2. The highest BCUT2D eigenvalue weighted by molar-refractivity contribution is 7.99. The van der Waals surface area contributed by atoms with Crippen molar-refractivity contribution in [2.75, 3.05) is 5.75 Å². The van der Waals surface area contributed by atoms with Crippen LogP contribution in [-0.4, -0.2) is 38.1 Å². The van der Waals surface area contributed by atoms with Crippen molar-refractivity contribution >= 4 is 17.7 Å². The van der Waals surface area contributed by atoms with E-state index in [2.05, 4.69) is 20.5 Å². The Morgan fingerprint density at radius 3 is 2.50 bits per heavy atom. The molecule has 2 aromatic carbocycles. The van der Waals surface area contributed by atoms with Crippen molar-refractivity contribution in [3.63, 3.8) is 0 Å². The van der Waals surface area contributed by atoms with Gasteiger partial charge >= 0.3 is 0 Å². The number of carbonyl (C=O) groups is 1. The zero-order valence-electron chi connectivity index (χ0n) is 17.7. The highest BCUT2D eigenvalue weighted by atomic mass is 32.2. The largest absolute Gasteiger partial charge is 0.392 e. The first-order valence-corrected chi connectivity index (χ1v) is 11.4. The van der Waals surface area contributed by atoms with E-state index >= 15 is 0 Å². The van der Waals surface area contributed by atoms with E-state index in [-0.39, 0.29) is 24.7 Å². The smallest absolute Gasteiger partial charge is 0.217 e. The number of hydrogen-bond donors (Lipinski definition) is 3. The van der Waals surface area contributed by atoms with Gasteiger partial charge in [-0.15, -0.1) is 0 Å². The van der Waals surface area contributed by atoms with Crippen LogP contribution in [-0.2, 0) is 27.4 Å². The van der Waals surface area contributed by atoms with Crippen LogP contribution in [0.1, 0.15) is 48.0 Å². The fourth-order valence-electron chi connectivity index (χ4n) is 3.48. The summed E-state index contributed by atoms with van der Waals surface area (Å²) < 4.78 is 12.6. The lowest BCUT2D eigenvalue weighted by molar-refractivity contribution is -0.245. The second-order valence-electron chi connectivity index (χ2n) is 7.60. The average molecular weight is 455 g/mol. The second kappa shape index (κ2) is 10.7. The Bertz CT molecular complexity index is 996. The Kier molecular flexibility index (Phi) is 7.54. The van der Waals surface area contributed by atoms with E-state index in [0.717, 1.165) is 27.4 Å². The summed E-state index contributed by atoms with van der Waals surface area (Å²) in [4.78, 5) is 15.3. The summed E-state index contributed by atoms with van der Waals surface area (Å²) in [7, 11) is 0. The molecule has 8 nitrogen and oxygen atoms in total. The minimum Gasteiger partial charge on any atom is -0.392 e. The minimum absolute atomic E-state index is 0.0127. The van der Waals surface area contributed by atoms with Crippen LogP contribution in [0.4, 0.5) is 0 Å². The Morgan fingerprint density at radius 1 is 1.12 bits per heavy atom. The molecule has 3 aromatic rings. The fourth-order valence-corrected chi connectivity index (χ4v) is 4.27. The van der Waals surface area contributed by atoms with E-state index in [4.69, 9.17) is 9.47 Å². The normalized spacial score (nSPS) is 20.8. The highest BCUT2D eigenvalue weighted by Gasteiger charge is 2.32. The van der Waals surface area contributed by atoms with Gasteiger partial charge in [0.1, 0.15) is 6.33 Å². The Balaban J connectivity index is 1.49. The summed E-state index contributed by atoms with van der Waals surface area (Å²) >= 11 is 1.56. The zero-order chi connectivity index (χ0) is 22.3. The highest BCUT2D eigenvalue weighted by Crippen LogP contribution is 2.39. The van der Waals surface area contributed by atoms with Gasteiger partial charge in [-0.1, -0.05) is 60.3 Å². The number of aliphatic hydroxyl groups is 1. The number of rotatable bonds is 8. The van der Waals surface area contributed by atoms with Gasteiger partial charge in [0, 0.05) is 31.2 Å². The van der Waals surface area contributed by atoms with Gasteiger partial charge in [0.25, 0.3) is 0 Å². The molecule has 3 unspecified atom stereocenters. The Morgan fingerprint density at radius 2 is 1.84 bits per heavy atom. The number of nitrogens with one attached hydrogen (secondary N) is 2. The summed E-state index contributed by atoms with van der Waals surface area (Å²) in [6.45, 7) is 2.00. The summed E-state index contributed by atoms with van der Waals surface area (Å²) in [5.41, 5.74) is 3.84. The lowest BCUT2D eigenvalue weighted by Gasteiger charge is -2.36. The molecular formula is C23H26N4O4S. The summed E-state index contributed by atoms with van der Waals surface area (Å²) in [5.74, 6) is 0.649. The number of aromatic amines is 1. The van der Waals surface area contributed by atoms with Crippen LogP contribution in [0, 0.1) is 0 Å². The van der Waals surface area contributed by atoms with Gasteiger partial charge < -0.3 is 19.9 Å². The maximum Gasteiger partial charge on any atom is 0.217 e. The van der Waals surface area contributed by atoms with Gasteiger partial charge in [-0.3, -0.25) is 9.89 Å². The predicted molar refractivity (Wildman–Crippen MR) is 119 cm³/mol. The van der Waals surface area contributed by atoms with E-state index in [1.54, 1.807) is 11.8 Å². The third-order valence-electron chi connectivity index (χ3n) is 5.21. The molecule has 3 N–H and O–H groups in total. The van der Waals surface area contributed by atoms with Crippen molar-refractivity contribution in [2.24, 2.45) is 0 Å². The maximum absolute atomic E-state index is 11.1. The molecule has 1 fully saturated rings. The molecule has 32 heavy (non-hydrogen) atoms. The molecular weight excluding hydrogens is 428 g/mol. The molecule has 4 rings (SSSR count). The van der Waals surface area contributed by atoms with Crippen LogP contribution < -0.4 is 5.32 Å². The molecule has 1 aliphatic rings. The Labute approximate surface area is 190 Å². The number of ether oxygens (including phenoxy) is 2. The van der Waals surface area contributed by atoms with E-state index < -0.39 is 6.29 Å². The van der Waals surface area contributed by atoms with Gasteiger partial charge in [-0.05, 0) is 16.7 Å². The van der Waals surface area contributed by atoms with Gasteiger partial charge in [-0.25, -0.2) is 4.98 Å². The molecule has 1 aromatic heterocycles. The van der Waals surface area contributed by atoms with Crippen LogP contribution in [0.3, 0.4) is 0 Å². The molecule has 0 radical (unpaired) electrons. The number of aliphatic hydroxyl groups excluding tert-OH is 1. The molecule has 1 amide bonds. The third-order valence-corrected chi connectivity index (χ3v) is 6.22. The molecule has 0 spiro atoms. The fraction of sp³-hybridized carbons (Fsp3) is 0.348. The minimum atomic E-state index is -0.513. The van der Waals surface area contributed by atoms with E-state index in [1.807, 2.05) is 48.5 Å². The number of nitrogens with zero attached hydrogens (tertiary/aromatic N) is 2. The van der Waals surface area contributed by atoms with Gasteiger partial charge in [0.05, 0.1) is 18.8 Å². The van der Waals surface area contributed by atoms with Crippen molar-refractivity contribution in [3.05, 3.63) is 77.1 Å². The number of H-pyrrole nitrogens is 1. The quantitative estimate of drug-likeness (QED) is 0.448. The standard InChI is InChI=1S/C23H26N4O4S/c1-15(29)24-11-16-2-8-19(9-3-16)22-30-20(13-32-23-25-14-26-27-23)10-21(31-22)18-6-4-17(12-28)5-7-18/h2-9,14,20-22,28H,10-13H2,1H3,(H,24,29)(H,25,26,27). The molecule has 0 aliphatic carbocycles. The molecule has 2 heterocycles. The summed E-state index contributed by atoms with van der Waals surface area (Å²) in [6, 6.07) is 15.7. The van der Waals surface area contributed by atoms with Crippen LogP contribution in [0.25, 0.3) is 0 Å². The number of aromatic nitrogens is 3. The molecule has 168 valence electrons. The molecule has 3 atom stereocenters. The van der Waals surface area contributed by atoms with Crippen molar-refractivity contribution in [3.8, 4) is 0 Å². The summed E-state index contributed by atoms with van der Waals surface area (Å²) in [5, 5.41) is 19.6. The van der Waals surface area contributed by atoms with Crippen molar-refractivity contribution in [2.45, 2.75) is 50.2 Å². The first-order valence-electron chi connectivity index (χ1n) is 10.4. The molecule has 1 saturated heterocycles. The first kappa shape index (κ1) is 22.5. The molecule has 0 bridgehead atoms. The first-order chi connectivity index (χ1) is 15.6. The van der Waals surface area contributed by atoms with Crippen LogP contribution in [0.2, 0.25) is 0 Å². The van der Waals surface area contributed by atoms with E-state index in [9.17, 15) is 9.90 Å². The lowest BCUT2D eigenvalue weighted by Crippen LogP contribution is -2.31. The van der Waals surface area contributed by atoms with Gasteiger partial charge in [0.15, 0.2) is 11.4 Å². The summed E-state index contributed by atoms with van der Waals surface area (Å²) in [6.07, 6.45) is 1.49. The molecule has 1 aliphatic heterocycles. The van der Waals surface area contributed by atoms with E-state index in [0.29, 0.717) is 18.7 Å². The van der Waals surface area contributed by atoms with Crippen molar-refractivity contribution in [1.82, 2.24) is 20.5 Å². The van der Waals surface area contributed by atoms with E-state index in [1.165, 1.54) is 13.3 Å². The monoisotopic (exact) mass is 454 g/mol. The number of carbonyl (C=O) groups excluding carboxylic acids is 1. The maximum atomic E-state index is 11.1. The molecule has 0 saturated carbocycles. The van der Waals surface area contributed by atoms with Crippen LogP contribution in [0.5, 0.6) is 0 Å². The number of thioether (sulfide) groups is 1. The zero-order valence-corrected chi connectivity index (χ0v) is 18.5. The van der Waals surface area contributed by atoms with Crippen LogP contribution >= 0.6 is 11.8 Å². The van der Waals surface area contributed by atoms with Gasteiger partial charge in [0.2, 0.25) is 5.91 Å². The number of amides is 1. The second-order valence-corrected chi connectivity index (χ2v) is 8.61. The molecule has 9 heteroatoms. The lowest BCUT2D eigenvalue weighted by atomic mass is 10.0. The van der Waals surface area contributed by atoms with Gasteiger partial charge in [-0.2, -0.15) is 5.10 Å². The van der Waals surface area contributed by atoms with Crippen molar-refractivity contribution in [1.29, 1.82) is 0 Å². The predicted octanol–water partition coefficient (Wildman–Crippen LogP) is 3.27. The Hall–Kier alpha value is -2.72. The van der Waals surface area contributed by atoms with Crippen LogP contribution in [0.15, 0.2) is 60.0 Å². The topological polar surface area (TPSA) is 109 Å². The van der Waals surface area contributed by atoms with Crippen molar-refractivity contribution < 1.29 is 19.4 Å². The number of hydrogen-bond acceptors (Lipinski definition) is 7. The SMILES string of the molecule is CC(=O)NCc1ccc(C2OC(CSc3ncn[nH]3)CC(c3ccc(CO)cc3)O2)cc1.